The minimum Gasteiger partial charge on any atom is -0.205 e. The topological polar surface area (TPSA) is 64.7 Å². The van der Waals surface area contributed by atoms with Crippen LogP contribution in [0.15, 0.2) is 20.4 Å². The summed E-state index contributed by atoms with van der Waals surface area (Å²) in [5.74, 6) is 0. The van der Waals surface area contributed by atoms with Gasteiger partial charge in [0.1, 0.15) is 27.3 Å². The second kappa shape index (κ2) is 9.13. The zero-order valence-electron chi connectivity index (χ0n) is 11.4. The van der Waals surface area contributed by atoms with E-state index in [0.717, 1.165) is 17.7 Å². The fraction of sp³-hybridized carbons (Fsp3) is 0.571. The molecule has 1 unspecified atom stereocenters. The lowest BCUT2D eigenvalue weighted by atomic mass is 10.1. The maximum Gasteiger partial charge on any atom is 0.130 e. The Bertz CT molecular complexity index is 575. The first-order valence-electron chi connectivity index (χ1n) is 6.69. The summed E-state index contributed by atoms with van der Waals surface area (Å²) in [7, 11) is -0.502. The van der Waals surface area contributed by atoms with E-state index in [4.69, 9.17) is 22.1 Å². The van der Waals surface area contributed by atoms with Gasteiger partial charge in [0.05, 0.1) is 10.6 Å². The molecular weight excluding hydrogens is 312 g/mol. The van der Waals surface area contributed by atoms with Crippen molar-refractivity contribution in [2.75, 3.05) is 0 Å². The molecule has 0 spiro atoms. The molecule has 1 aliphatic rings. The Hall–Kier alpha value is -0.880. The highest BCUT2D eigenvalue weighted by Gasteiger charge is 2.28. The second-order valence-electron chi connectivity index (χ2n) is 4.52. The molecule has 6 heteroatoms. The average molecular weight is 329 g/mol. The molecule has 0 fully saturated rings. The molecule has 0 N–H and O–H groups in total. The fourth-order valence-electron chi connectivity index (χ4n) is 2.09. The minimum atomic E-state index is -0.874. The molecule has 20 heavy (non-hydrogen) atoms. The van der Waals surface area contributed by atoms with Crippen LogP contribution in [0.25, 0.3) is 0 Å². The van der Waals surface area contributed by atoms with E-state index in [1.165, 1.54) is 25.7 Å². The molecule has 1 aliphatic heterocycles. The zero-order valence-corrected chi connectivity index (χ0v) is 13.8. The molecule has 0 aliphatic carbocycles. The van der Waals surface area contributed by atoms with Crippen LogP contribution in [0.4, 0.5) is 0 Å². The molecule has 0 saturated heterocycles. The second-order valence-corrected chi connectivity index (χ2v) is 7.88. The molecule has 108 valence electrons. The highest BCUT2D eigenvalue weighted by Crippen LogP contribution is 2.37. The van der Waals surface area contributed by atoms with Gasteiger partial charge in [-0.3, -0.25) is 0 Å². The van der Waals surface area contributed by atoms with Crippen molar-refractivity contribution >= 4 is 31.3 Å². The molecule has 0 radical (unpaired) electrons. The number of nitriles is 2. The predicted molar refractivity (Wildman–Crippen MR) is 84.6 cm³/mol. The zero-order chi connectivity index (χ0) is 15.0. The Labute approximate surface area is 130 Å². The summed E-state index contributed by atoms with van der Waals surface area (Å²) >= 11 is 6.03. The average Bonchev–Trinajstić information content (AvgIpc) is 2.73. The molecule has 1 heterocycles. The van der Waals surface area contributed by atoms with Gasteiger partial charge in [-0.05, 0) is 22.3 Å². The molecule has 1 atom stereocenters. The van der Waals surface area contributed by atoms with Gasteiger partial charge in [-0.2, -0.15) is 10.5 Å². The van der Waals surface area contributed by atoms with Gasteiger partial charge >= 0.3 is 0 Å². The standard InChI is InChI=1S/C14H17ClN2OS2/c1-2-3-4-5-6-7-8-12-11(9-16)14(15)13(10-17)20(12)19-18/h2-8H2,1H3. The Morgan fingerprint density at radius 1 is 1.15 bits per heavy atom. The Morgan fingerprint density at radius 3 is 2.35 bits per heavy atom. The van der Waals surface area contributed by atoms with Gasteiger partial charge in [0, 0.05) is 4.91 Å². The van der Waals surface area contributed by atoms with Crippen LogP contribution < -0.4 is 0 Å². The molecular formula is C14H17ClN2OS2. The molecule has 0 aromatic carbocycles. The van der Waals surface area contributed by atoms with Crippen LogP contribution in [0.1, 0.15) is 51.9 Å². The summed E-state index contributed by atoms with van der Waals surface area (Å²) in [6.07, 6.45) is 7.58. The van der Waals surface area contributed by atoms with Crippen molar-refractivity contribution in [1.29, 1.82) is 10.5 Å². The molecule has 0 aromatic heterocycles. The minimum absolute atomic E-state index is 0.183. The van der Waals surface area contributed by atoms with E-state index in [9.17, 15) is 4.21 Å². The van der Waals surface area contributed by atoms with Crippen molar-refractivity contribution in [3.8, 4) is 12.1 Å². The number of nitrogens with zero attached hydrogens (tertiary/aromatic N) is 2. The third-order valence-corrected chi connectivity index (χ3v) is 6.81. The number of hydrogen-bond acceptors (Lipinski definition) is 3. The summed E-state index contributed by atoms with van der Waals surface area (Å²) in [5, 5.41) is 18.4. The lowest BCUT2D eigenvalue weighted by Crippen LogP contribution is -1.94. The smallest absolute Gasteiger partial charge is 0.130 e. The van der Waals surface area contributed by atoms with Gasteiger partial charge in [0.2, 0.25) is 0 Å². The van der Waals surface area contributed by atoms with Gasteiger partial charge < -0.3 is 0 Å². The molecule has 0 aromatic rings. The highest BCUT2D eigenvalue weighted by molar-refractivity contribution is 8.35. The van der Waals surface area contributed by atoms with Crippen molar-refractivity contribution in [3.05, 3.63) is 20.4 Å². The predicted octanol–water partition coefficient (Wildman–Crippen LogP) is 4.25. The fourth-order valence-corrected chi connectivity index (χ4v) is 5.44. The summed E-state index contributed by atoms with van der Waals surface area (Å²) in [6.45, 7) is 2.18. The van der Waals surface area contributed by atoms with Crippen LogP contribution >= 0.6 is 11.6 Å². The van der Waals surface area contributed by atoms with Gasteiger partial charge in [-0.25, -0.2) is 4.21 Å². The summed E-state index contributed by atoms with van der Waals surface area (Å²) in [6, 6.07) is 4.02. The third kappa shape index (κ3) is 4.06. The van der Waals surface area contributed by atoms with Gasteiger partial charge in [-0.15, -0.1) is 0 Å². The molecule has 3 nitrogen and oxygen atoms in total. The van der Waals surface area contributed by atoms with Crippen LogP contribution in [0.5, 0.6) is 0 Å². The third-order valence-electron chi connectivity index (χ3n) is 3.15. The van der Waals surface area contributed by atoms with E-state index >= 15 is 0 Å². The lowest BCUT2D eigenvalue weighted by Gasteiger charge is -2.04. The van der Waals surface area contributed by atoms with E-state index < -0.39 is 9.45 Å². The Kier molecular flexibility index (Phi) is 7.84. The summed E-state index contributed by atoms with van der Waals surface area (Å²) in [5.41, 5.74) is 0.350. The number of halogens is 1. The number of rotatable bonds is 7. The first-order valence-corrected chi connectivity index (χ1v) is 9.55. The van der Waals surface area contributed by atoms with Gasteiger partial charge in [0.25, 0.3) is 0 Å². The van der Waals surface area contributed by atoms with E-state index in [1.807, 2.05) is 12.1 Å². The first kappa shape index (κ1) is 17.2. The highest BCUT2D eigenvalue weighted by atomic mass is 35.5. The molecule has 0 bridgehead atoms. The van der Waals surface area contributed by atoms with Gasteiger partial charge in [0.15, 0.2) is 0 Å². The van der Waals surface area contributed by atoms with Gasteiger partial charge in [-0.1, -0.05) is 50.6 Å². The Balaban J connectivity index is 2.70. The number of unbranched alkanes of at least 4 members (excludes halogenated alkanes) is 5. The lowest BCUT2D eigenvalue weighted by molar-refractivity contribution is 0.610. The van der Waals surface area contributed by atoms with E-state index in [-0.39, 0.29) is 9.94 Å². The maximum atomic E-state index is 11.2. The maximum absolute atomic E-state index is 11.2. The first-order chi connectivity index (χ1) is 9.71. The monoisotopic (exact) mass is 328 g/mol. The van der Waals surface area contributed by atoms with Crippen molar-refractivity contribution in [2.45, 2.75) is 51.9 Å². The van der Waals surface area contributed by atoms with E-state index in [2.05, 4.69) is 6.92 Å². The van der Waals surface area contributed by atoms with Crippen molar-refractivity contribution in [2.24, 2.45) is 0 Å². The molecule has 0 amide bonds. The Morgan fingerprint density at radius 2 is 1.80 bits per heavy atom. The SMILES string of the molecule is CCCCCCCCC1=C(C#N)C(Cl)=C(C#N)S1=S=O. The van der Waals surface area contributed by atoms with Crippen LogP contribution in [-0.4, -0.2) is 4.21 Å². The molecule has 1 rings (SSSR count). The number of hydrogen-bond donors (Lipinski definition) is 0. The van der Waals surface area contributed by atoms with Crippen LogP contribution in [-0.2, 0) is 19.7 Å². The summed E-state index contributed by atoms with van der Waals surface area (Å²) < 4.78 is 11.2. The largest absolute Gasteiger partial charge is 0.205 e. The number of allylic oxidation sites excluding steroid dienone is 4. The molecule has 0 saturated carbocycles. The van der Waals surface area contributed by atoms with E-state index in [1.54, 1.807) is 0 Å². The van der Waals surface area contributed by atoms with Crippen LogP contribution in [0, 0.1) is 22.7 Å². The van der Waals surface area contributed by atoms with Crippen molar-refractivity contribution in [3.63, 3.8) is 0 Å². The normalized spacial score (nSPS) is 18.1. The summed E-state index contributed by atoms with van der Waals surface area (Å²) in [4.78, 5) is 1.04. The van der Waals surface area contributed by atoms with Crippen molar-refractivity contribution < 1.29 is 4.21 Å². The van der Waals surface area contributed by atoms with E-state index in [0.29, 0.717) is 22.2 Å². The van der Waals surface area contributed by atoms with Crippen LogP contribution in [0.2, 0.25) is 0 Å². The van der Waals surface area contributed by atoms with Crippen molar-refractivity contribution in [1.82, 2.24) is 0 Å². The quantitative estimate of drug-likeness (QED) is 0.656. The van der Waals surface area contributed by atoms with Crippen LogP contribution in [0.3, 0.4) is 0 Å².